The Morgan fingerprint density at radius 1 is 1.44 bits per heavy atom. The van der Waals surface area contributed by atoms with Crippen molar-refractivity contribution in [1.29, 1.82) is 0 Å². The maximum absolute atomic E-state index is 9.05. The summed E-state index contributed by atoms with van der Waals surface area (Å²) in [6.45, 7) is 1.32. The predicted octanol–water partition coefficient (Wildman–Crippen LogP) is 0.848. The first-order valence-electron chi connectivity index (χ1n) is 3.27. The van der Waals surface area contributed by atoms with Gasteiger partial charge in [-0.2, -0.15) is 0 Å². The molecule has 0 amide bonds. The zero-order valence-corrected chi connectivity index (χ0v) is 6.19. The van der Waals surface area contributed by atoms with Crippen LogP contribution < -0.4 is 0 Å². The topological polar surface area (TPSA) is 29.5 Å². The van der Waals surface area contributed by atoms with Gasteiger partial charge in [0.25, 0.3) is 0 Å². The first kappa shape index (κ1) is 7.38. The summed E-state index contributed by atoms with van der Waals surface area (Å²) in [5, 5.41) is 9.05. The Hall–Kier alpha value is 0.270. The van der Waals surface area contributed by atoms with E-state index in [9.17, 15) is 0 Å². The average Bonchev–Trinajstić information content (AvgIpc) is 1.79. The minimum atomic E-state index is -0.287. The van der Waals surface area contributed by atoms with Gasteiger partial charge in [0.05, 0.1) is 6.61 Å². The van der Waals surface area contributed by atoms with Gasteiger partial charge in [0.2, 0.25) is 0 Å². The molecule has 0 aromatic carbocycles. The highest BCUT2D eigenvalue weighted by Crippen LogP contribution is 2.13. The van der Waals surface area contributed by atoms with Gasteiger partial charge < -0.3 is 9.84 Å². The molecule has 1 atom stereocenters. The summed E-state index contributed by atoms with van der Waals surface area (Å²) in [5.74, 6) is 1.07. The van der Waals surface area contributed by atoms with Crippen molar-refractivity contribution in [2.24, 2.45) is 0 Å². The van der Waals surface area contributed by atoms with Gasteiger partial charge in [-0.05, 0) is 18.6 Å². The maximum atomic E-state index is 9.05. The number of rotatable bonds is 0. The minimum absolute atomic E-state index is 0.287. The number of aliphatic hydroxyl groups excluding tert-OH is 1. The van der Waals surface area contributed by atoms with Crippen LogP contribution in [0.15, 0.2) is 0 Å². The Kier molecular flexibility index (Phi) is 3.40. The first-order valence-corrected chi connectivity index (χ1v) is 4.32. The van der Waals surface area contributed by atoms with E-state index < -0.39 is 0 Å². The third kappa shape index (κ3) is 3.08. The summed E-state index contributed by atoms with van der Waals surface area (Å²) in [6, 6.07) is 0. The highest BCUT2D eigenvalue weighted by atomic mass is 32.2. The normalized spacial score (nSPS) is 31.0. The number of ether oxygens (including phenoxy) is 1. The van der Waals surface area contributed by atoms with Crippen LogP contribution >= 0.6 is 11.8 Å². The summed E-state index contributed by atoms with van der Waals surface area (Å²) >= 11 is 1.58. The van der Waals surface area contributed by atoms with Crippen LogP contribution in [0.5, 0.6) is 0 Å². The molecule has 54 valence electrons. The standard InChI is InChI=1S/C6H12O2S/c7-6-5-8-3-1-2-4-9-6/h6-7H,1-5H2. The molecule has 0 saturated carbocycles. The lowest BCUT2D eigenvalue weighted by molar-refractivity contribution is 0.0734. The molecule has 1 unspecified atom stereocenters. The second-order valence-corrected chi connectivity index (χ2v) is 3.39. The molecule has 1 aliphatic rings. The quantitative estimate of drug-likeness (QED) is 0.552. The molecule has 3 heteroatoms. The molecule has 9 heavy (non-hydrogen) atoms. The fourth-order valence-electron chi connectivity index (χ4n) is 0.758. The van der Waals surface area contributed by atoms with Crippen LogP contribution in [-0.4, -0.2) is 29.5 Å². The third-order valence-electron chi connectivity index (χ3n) is 1.25. The highest BCUT2D eigenvalue weighted by Gasteiger charge is 2.06. The molecule has 1 rings (SSSR count). The first-order chi connectivity index (χ1) is 4.39. The van der Waals surface area contributed by atoms with Crippen LogP contribution in [0.4, 0.5) is 0 Å². The fraction of sp³-hybridized carbons (Fsp3) is 1.00. The Labute approximate surface area is 59.6 Å². The highest BCUT2D eigenvalue weighted by molar-refractivity contribution is 7.99. The molecular formula is C6H12O2S. The van der Waals surface area contributed by atoms with Crippen LogP contribution in [-0.2, 0) is 4.74 Å². The minimum Gasteiger partial charge on any atom is -0.380 e. The van der Waals surface area contributed by atoms with Gasteiger partial charge in [0.15, 0.2) is 0 Å². The molecule has 0 aromatic heterocycles. The van der Waals surface area contributed by atoms with Crippen molar-refractivity contribution < 1.29 is 9.84 Å². The van der Waals surface area contributed by atoms with Gasteiger partial charge >= 0.3 is 0 Å². The van der Waals surface area contributed by atoms with E-state index in [1.165, 1.54) is 6.42 Å². The van der Waals surface area contributed by atoms with Crippen molar-refractivity contribution in [2.75, 3.05) is 19.0 Å². The van der Waals surface area contributed by atoms with Crippen LogP contribution in [0.3, 0.4) is 0 Å². The lowest BCUT2D eigenvalue weighted by Crippen LogP contribution is -2.14. The summed E-state index contributed by atoms with van der Waals surface area (Å²) < 4.78 is 5.12. The molecular weight excluding hydrogens is 136 g/mol. The Morgan fingerprint density at radius 3 is 3.22 bits per heavy atom. The van der Waals surface area contributed by atoms with E-state index in [1.807, 2.05) is 0 Å². The van der Waals surface area contributed by atoms with E-state index in [-0.39, 0.29) is 5.44 Å². The van der Waals surface area contributed by atoms with E-state index in [4.69, 9.17) is 9.84 Å². The second-order valence-electron chi connectivity index (χ2n) is 2.11. The summed E-state index contributed by atoms with van der Waals surface area (Å²) in [4.78, 5) is 0. The number of aliphatic hydroxyl groups is 1. The number of hydrogen-bond donors (Lipinski definition) is 1. The number of hydrogen-bond acceptors (Lipinski definition) is 3. The molecule has 0 radical (unpaired) electrons. The predicted molar refractivity (Wildman–Crippen MR) is 38.5 cm³/mol. The zero-order chi connectivity index (χ0) is 6.53. The molecule has 2 nitrogen and oxygen atoms in total. The Balaban J connectivity index is 2.12. The van der Waals surface area contributed by atoms with Gasteiger partial charge in [0, 0.05) is 6.61 Å². The van der Waals surface area contributed by atoms with Crippen LogP contribution in [0.2, 0.25) is 0 Å². The van der Waals surface area contributed by atoms with E-state index in [2.05, 4.69) is 0 Å². The zero-order valence-electron chi connectivity index (χ0n) is 5.38. The molecule has 0 aromatic rings. The lowest BCUT2D eigenvalue weighted by Gasteiger charge is -2.13. The van der Waals surface area contributed by atoms with Gasteiger partial charge in [-0.15, -0.1) is 11.8 Å². The van der Waals surface area contributed by atoms with Crippen molar-refractivity contribution in [2.45, 2.75) is 18.3 Å². The van der Waals surface area contributed by atoms with Crippen molar-refractivity contribution >= 4 is 11.8 Å². The van der Waals surface area contributed by atoms with Crippen LogP contribution in [0, 0.1) is 0 Å². The van der Waals surface area contributed by atoms with Crippen molar-refractivity contribution in [3.05, 3.63) is 0 Å². The maximum Gasteiger partial charge on any atom is 0.123 e. The molecule has 1 saturated heterocycles. The SMILES string of the molecule is OC1COCCCCS1. The van der Waals surface area contributed by atoms with E-state index >= 15 is 0 Å². The summed E-state index contributed by atoms with van der Waals surface area (Å²) in [7, 11) is 0. The molecule has 0 aliphatic carbocycles. The molecule has 1 N–H and O–H groups in total. The van der Waals surface area contributed by atoms with Crippen LogP contribution in [0.1, 0.15) is 12.8 Å². The van der Waals surface area contributed by atoms with E-state index in [1.54, 1.807) is 11.8 Å². The Morgan fingerprint density at radius 2 is 2.33 bits per heavy atom. The van der Waals surface area contributed by atoms with Crippen molar-refractivity contribution in [3.63, 3.8) is 0 Å². The van der Waals surface area contributed by atoms with Gasteiger partial charge in [-0.1, -0.05) is 0 Å². The monoisotopic (exact) mass is 148 g/mol. The second kappa shape index (κ2) is 4.14. The largest absolute Gasteiger partial charge is 0.380 e. The van der Waals surface area contributed by atoms with Gasteiger partial charge in [0.1, 0.15) is 5.44 Å². The molecule has 0 spiro atoms. The molecule has 1 heterocycles. The third-order valence-corrected chi connectivity index (χ3v) is 2.30. The van der Waals surface area contributed by atoms with E-state index in [0.717, 1.165) is 18.8 Å². The van der Waals surface area contributed by atoms with Crippen LogP contribution in [0.25, 0.3) is 0 Å². The van der Waals surface area contributed by atoms with Crippen molar-refractivity contribution in [3.8, 4) is 0 Å². The van der Waals surface area contributed by atoms with Gasteiger partial charge in [-0.3, -0.25) is 0 Å². The molecule has 1 fully saturated rings. The van der Waals surface area contributed by atoms with Crippen molar-refractivity contribution in [1.82, 2.24) is 0 Å². The Bertz CT molecular complexity index is 69.5. The fourth-order valence-corrected chi connectivity index (χ4v) is 1.59. The lowest BCUT2D eigenvalue weighted by atomic mass is 10.4. The van der Waals surface area contributed by atoms with Gasteiger partial charge in [-0.25, -0.2) is 0 Å². The molecule has 0 bridgehead atoms. The smallest absolute Gasteiger partial charge is 0.123 e. The summed E-state index contributed by atoms with van der Waals surface area (Å²) in [5.41, 5.74) is -0.287. The molecule has 1 aliphatic heterocycles. The number of thioether (sulfide) groups is 1. The average molecular weight is 148 g/mol. The van der Waals surface area contributed by atoms with E-state index in [0.29, 0.717) is 6.61 Å². The summed E-state index contributed by atoms with van der Waals surface area (Å²) in [6.07, 6.45) is 2.31.